The molecule has 0 aliphatic rings. The summed E-state index contributed by atoms with van der Waals surface area (Å²) in [5.41, 5.74) is 2.66. The monoisotopic (exact) mass is 408 g/mol. The molecule has 1 heterocycles. The van der Waals surface area contributed by atoms with Crippen molar-refractivity contribution in [3.63, 3.8) is 0 Å². The van der Waals surface area contributed by atoms with Crippen LogP contribution in [0.1, 0.15) is 25.2 Å². The molecule has 0 radical (unpaired) electrons. The number of carbonyl (C=O) groups excluding carboxylic acids is 2. The predicted octanol–water partition coefficient (Wildman–Crippen LogP) is 4.32. The minimum atomic E-state index is -0.255. The maximum Gasteiger partial charge on any atom is 0.237 e. The van der Waals surface area contributed by atoms with Crippen molar-refractivity contribution in [3.8, 4) is 0 Å². The number of nitrogens with one attached hydrogen (secondary N) is 2. The van der Waals surface area contributed by atoms with Crippen LogP contribution < -0.4 is 10.6 Å². The molecule has 0 fully saturated rings. The molecular weight excluding hydrogens is 384 g/mol. The molecule has 1 unspecified atom stereocenters. The number of benzene rings is 2. The second-order valence-electron chi connectivity index (χ2n) is 6.75. The van der Waals surface area contributed by atoms with Crippen molar-refractivity contribution in [2.24, 2.45) is 0 Å². The smallest absolute Gasteiger partial charge is 0.237 e. The predicted molar refractivity (Wildman–Crippen MR) is 117 cm³/mol. The quantitative estimate of drug-likeness (QED) is 0.571. The molecule has 0 saturated carbocycles. The molecule has 1 aromatic heterocycles. The summed E-state index contributed by atoms with van der Waals surface area (Å²) in [6.07, 6.45) is 3.74. The van der Waals surface area contributed by atoms with E-state index in [0.717, 1.165) is 34.2 Å². The van der Waals surface area contributed by atoms with Crippen molar-refractivity contribution in [1.29, 1.82) is 0 Å². The van der Waals surface area contributed by atoms with Gasteiger partial charge in [-0.25, -0.2) is 4.98 Å². The van der Waals surface area contributed by atoms with E-state index in [1.54, 1.807) is 6.20 Å². The molecule has 0 aliphatic carbocycles. The molecule has 1 atom stereocenters. The molecule has 3 rings (SSSR count). The van der Waals surface area contributed by atoms with Crippen LogP contribution >= 0.6 is 11.8 Å². The Morgan fingerprint density at radius 1 is 1.03 bits per heavy atom. The van der Waals surface area contributed by atoms with Gasteiger partial charge in [-0.15, -0.1) is 11.8 Å². The highest BCUT2D eigenvalue weighted by Crippen LogP contribution is 2.25. The van der Waals surface area contributed by atoms with E-state index in [2.05, 4.69) is 20.2 Å². The number of aryl methyl sites for hydroxylation is 1. The molecule has 2 amide bonds. The molecular formula is C22H24N4O2S. The molecule has 0 spiro atoms. The summed E-state index contributed by atoms with van der Waals surface area (Å²) in [6, 6.07) is 15.3. The largest absolute Gasteiger partial charge is 0.331 e. The number of rotatable bonds is 7. The standard InChI is InChI=1S/C22H24N4O2S/c1-15(29-21-10-8-19(9-11-21)24-17(3)27)22(28)25-20-6-4-18(5-7-20)14-26-13-12-23-16(26)2/h4-13,15H,14H2,1-3H3,(H,24,27)(H,25,28). The average Bonchev–Trinajstić information content (AvgIpc) is 3.09. The van der Waals surface area contributed by atoms with Crippen molar-refractivity contribution in [1.82, 2.24) is 9.55 Å². The minimum absolute atomic E-state index is 0.0564. The van der Waals surface area contributed by atoms with Crippen molar-refractivity contribution in [2.75, 3.05) is 10.6 Å². The van der Waals surface area contributed by atoms with E-state index in [9.17, 15) is 9.59 Å². The zero-order valence-electron chi connectivity index (χ0n) is 16.7. The second kappa shape index (κ2) is 9.43. The first-order valence-corrected chi connectivity index (χ1v) is 10.2. The first-order chi connectivity index (χ1) is 13.9. The van der Waals surface area contributed by atoms with Crippen LogP contribution in [-0.4, -0.2) is 26.6 Å². The van der Waals surface area contributed by atoms with Crippen molar-refractivity contribution < 1.29 is 9.59 Å². The highest BCUT2D eigenvalue weighted by Gasteiger charge is 2.14. The lowest BCUT2D eigenvalue weighted by atomic mass is 10.2. The SMILES string of the molecule is CC(=O)Nc1ccc(SC(C)C(=O)Nc2ccc(Cn3ccnc3C)cc2)cc1. The van der Waals surface area contributed by atoms with E-state index in [0.29, 0.717) is 0 Å². The van der Waals surface area contributed by atoms with Crippen LogP contribution in [0.25, 0.3) is 0 Å². The van der Waals surface area contributed by atoms with Gasteiger partial charge in [-0.1, -0.05) is 12.1 Å². The Morgan fingerprint density at radius 3 is 2.24 bits per heavy atom. The lowest BCUT2D eigenvalue weighted by molar-refractivity contribution is -0.115. The molecule has 3 aromatic rings. The van der Waals surface area contributed by atoms with E-state index < -0.39 is 0 Å². The summed E-state index contributed by atoms with van der Waals surface area (Å²) in [7, 11) is 0. The third-order valence-corrected chi connectivity index (χ3v) is 5.47. The summed E-state index contributed by atoms with van der Waals surface area (Å²) in [5.74, 6) is 0.807. The molecule has 2 N–H and O–H groups in total. The summed E-state index contributed by atoms with van der Waals surface area (Å²) < 4.78 is 2.07. The fourth-order valence-corrected chi connectivity index (χ4v) is 3.65. The molecule has 0 aliphatic heterocycles. The number of amides is 2. The number of hydrogen-bond acceptors (Lipinski definition) is 4. The molecule has 6 nitrogen and oxygen atoms in total. The Balaban J connectivity index is 1.53. The lowest BCUT2D eigenvalue weighted by Gasteiger charge is -2.13. The van der Waals surface area contributed by atoms with Crippen LogP contribution in [0.4, 0.5) is 11.4 Å². The van der Waals surface area contributed by atoms with E-state index >= 15 is 0 Å². The van der Waals surface area contributed by atoms with Gasteiger partial charge in [0.15, 0.2) is 0 Å². The van der Waals surface area contributed by atoms with E-state index in [4.69, 9.17) is 0 Å². The van der Waals surface area contributed by atoms with E-state index in [1.165, 1.54) is 18.7 Å². The Bertz CT molecular complexity index is 981. The topological polar surface area (TPSA) is 76.0 Å². The van der Waals surface area contributed by atoms with Gasteiger partial charge in [-0.3, -0.25) is 9.59 Å². The average molecular weight is 409 g/mol. The maximum absolute atomic E-state index is 12.5. The van der Waals surface area contributed by atoms with Crippen LogP contribution in [0.5, 0.6) is 0 Å². The number of thioether (sulfide) groups is 1. The first-order valence-electron chi connectivity index (χ1n) is 9.32. The number of anilines is 2. The fraction of sp³-hybridized carbons (Fsp3) is 0.227. The highest BCUT2D eigenvalue weighted by atomic mass is 32.2. The van der Waals surface area contributed by atoms with E-state index in [-0.39, 0.29) is 17.1 Å². The Labute approximate surface area is 174 Å². The van der Waals surface area contributed by atoms with Gasteiger partial charge in [-0.2, -0.15) is 0 Å². The Kier molecular flexibility index (Phi) is 6.72. The molecule has 0 bridgehead atoms. The third-order valence-electron chi connectivity index (χ3n) is 4.35. The number of carbonyl (C=O) groups is 2. The summed E-state index contributed by atoms with van der Waals surface area (Å²) in [4.78, 5) is 28.8. The molecule has 2 aromatic carbocycles. The molecule has 150 valence electrons. The highest BCUT2D eigenvalue weighted by molar-refractivity contribution is 8.00. The van der Waals surface area contributed by atoms with Gasteiger partial charge >= 0.3 is 0 Å². The van der Waals surface area contributed by atoms with Crippen molar-refractivity contribution in [3.05, 3.63) is 72.3 Å². The van der Waals surface area contributed by atoms with Gasteiger partial charge in [0.2, 0.25) is 11.8 Å². The first kappa shape index (κ1) is 20.7. The van der Waals surface area contributed by atoms with Crippen LogP contribution in [0.2, 0.25) is 0 Å². The Morgan fingerprint density at radius 2 is 1.66 bits per heavy atom. The van der Waals surface area contributed by atoms with Crippen LogP contribution in [0, 0.1) is 6.92 Å². The zero-order chi connectivity index (χ0) is 20.8. The molecule has 29 heavy (non-hydrogen) atoms. The van der Waals surface area contributed by atoms with Crippen LogP contribution in [0.15, 0.2) is 65.8 Å². The Hall–Kier alpha value is -3.06. The number of aromatic nitrogens is 2. The van der Waals surface area contributed by atoms with Gasteiger partial charge in [0, 0.05) is 42.1 Å². The molecule has 0 saturated heterocycles. The van der Waals surface area contributed by atoms with Gasteiger partial charge in [-0.05, 0) is 55.8 Å². The normalized spacial score (nSPS) is 11.7. The van der Waals surface area contributed by atoms with Crippen LogP contribution in [0.3, 0.4) is 0 Å². The summed E-state index contributed by atoms with van der Waals surface area (Å²) in [6.45, 7) is 6.07. The van der Waals surface area contributed by atoms with Gasteiger partial charge in [0.05, 0.1) is 5.25 Å². The van der Waals surface area contributed by atoms with Crippen LogP contribution in [-0.2, 0) is 16.1 Å². The van der Waals surface area contributed by atoms with Gasteiger partial charge < -0.3 is 15.2 Å². The van der Waals surface area contributed by atoms with E-state index in [1.807, 2.05) is 68.6 Å². The minimum Gasteiger partial charge on any atom is -0.331 e. The number of imidazole rings is 1. The molecule has 7 heteroatoms. The maximum atomic E-state index is 12.5. The van der Waals surface area contributed by atoms with Crippen molar-refractivity contribution >= 4 is 35.0 Å². The number of nitrogens with zero attached hydrogens (tertiary/aromatic N) is 2. The summed E-state index contributed by atoms with van der Waals surface area (Å²) in [5, 5.41) is 5.44. The number of hydrogen-bond donors (Lipinski definition) is 2. The zero-order valence-corrected chi connectivity index (χ0v) is 17.5. The van der Waals surface area contributed by atoms with Gasteiger partial charge in [0.1, 0.15) is 5.82 Å². The van der Waals surface area contributed by atoms with Gasteiger partial charge in [0.25, 0.3) is 0 Å². The lowest BCUT2D eigenvalue weighted by Crippen LogP contribution is -2.22. The third kappa shape index (κ3) is 5.96. The summed E-state index contributed by atoms with van der Waals surface area (Å²) >= 11 is 1.47. The fourth-order valence-electron chi connectivity index (χ4n) is 2.78. The van der Waals surface area contributed by atoms with Crippen molar-refractivity contribution in [2.45, 2.75) is 37.5 Å². The second-order valence-corrected chi connectivity index (χ2v) is 8.17.